The number of hydrogen-bond donors (Lipinski definition) is 0. The van der Waals surface area contributed by atoms with Crippen LogP contribution in [0.1, 0.15) is 11.1 Å². The number of nitrogens with zero attached hydrogens (tertiary/aromatic N) is 1. The van der Waals surface area contributed by atoms with Gasteiger partial charge in [0.05, 0.1) is 6.61 Å². The van der Waals surface area contributed by atoms with Gasteiger partial charge in [0.15, 0.2) is 0 Å². The van der Waals surface area contributed by atoms with Gasteiger partial charge >= 0.3 is 0 Å². The maximum Gasteiger partial charge on any atom is 0.252 e. The van der Waals surface area contributed by atoms with E-state index < -0.39 is 0 Å². The lowest BCUT2D eigenvalue weighted by atomic mass is 10.2. The average Bonchev–Trinajstić information content (AvgIpc) is 2.54. The van der Waals surface area contributed by atoms with E-state index in [1.807, 2.05) is 49.4 Å². The zero-order chi connectivity index (χ0) is 15.9. The van der Waals surface area contributed by atoms with Crippen molar-refractivity contribution in [2.75, 3.05) is 25.2 Å². The summed E-state index contributed by atoms with van der Waals surface area (Å²) in [5.41, 5.74) is 2.96. The van der Waals surface area contributed by atoms with Crippen LogP contribution < -0.4 is 4.90 Å². The molecule has 0 aliphatic rings. The van der Waals surface area contributed by atoms with Crippen molar-refractivity contribution >= 4 is 23.2 Å². The molecule has 0 saturated carbocycles. The summed E-state index contributed by atoms with van der Waals surface area (Å²) in [4.78, 5) is 13.7. The fourth-order valence-corrected chi connectivity index (χ4v) is 2.20. The van der Waals surface area contributed by atoms with Crippen molar-refractivity contribution in [3.05, 3.63) is 64.7 Å². The monoisotopic (exact) mass is 317 g/mol. The number of amides is 1. The minimum atomic E-state index is -0.0898. The van der Waals surface area contributed by atoms with Crippen molar-refractivity contribution in [3.8, 4) is 0 Å². The number of aryl methyl sites for hydroxylation is 1. The fraction of sp³-hybridized carbons (Fsp3) is 0.278. The summed E-state index contributed by atoms with van der Waals surface area (Å²) in [7, 11) is 1.73. The van der Waals surface area contributed by atoms with Crippen molar-refractivity contribution in [1.82, 2.24) is 0 Å². The molecular formula is C18H20ClNO2. The van der Waals surface area contributed by atoms with Gasteiger partial charge in [-0.2, -0.15) is 0 Å². The Balaban J connectivity index is 1.80. The number of hydrogen-bond acceptors (Lipinski definition) is 2. The van der Waals surface area contributed by atoms with Gasteiger partial charge in [0, 0.05) is 17.8 Å². The number of anilines is 1. The van der Waals surface area contributed by atoms with Crippen LogP contribution in [0.2, 0.25) is 5.02 Å². The van der Waals surface area contributed by atoms with Gasteiger partial charge in [-0.05, 0) is 36.6 Å². The highest BCUT2D eigenvalue weighted by Crippen LogP contribution is 2.22. The Hall–Kier alpha value is -1.84. The third-order valence-corrected chi connectivity index (χ3v) is 3.93. The zero-order valence-corrected chi connectivity index (χ0v) is 13.6. The molecular weight excluding hydrogens is 298 g/mol. The predicted molar refractivity (Wildman–Crippen MR) is 90.6 cm³/mol. The standard InChI is InChI=1S/C18H20ClNO2/c1-14-8-9-16(12-17(14)19)20(2)18(21)13-22-11-10-15-6-4-3-5-7-15/h3-9,12H,10-11,13H2,1-2H3. The van der Waals surface area contributed by atoms with E-state index in [1.54, 1.807) is 18.0 Å². The summed E-state index contributed by atoms with van der Waals surface area (Å²) >= 11 is 6.09. The first-order chi connectivity index (χ1) is 10.6. The van der Waals surface area contributed by atoms with Crippen LogP contribution in [0.15, 0.2) is 48.5 Å². The molecule has 0 fully saturated rings. The zero-order valence-electron chi connectivity index (χ0n) is 12.9. The van der Waals surface area contributed by atoms with Gasteiger partial charge in [-0.25, -0.2) is 0 Å². The second kappa shape index (κ2) is 7.97. The molecule has 116 valence electrons. The topological polar surface area (TPSA) is 29.5 Å². The van der Waals surface area contributed by atoms with E-state index in [0.717, 1.165) is 17.7 Å². The number of halogens is 1. The Morgan fingerprint density at radius 3 is 2.59 bits per heavy atom. The molecule has 3 nitrogen and oxygen atoms in total. The molecule has 0 aromatic heterocycles. The van der Waals surface area contributed by atoms with Gasteiger partial charge in [-0.3, -0.25) is 4.79 Å². The van der Waals surface area contributed by atoms with Crippen molar-refractivity contribution in [2.45, 2.75) is 13.3 Å². The minimum Gasteiger partial charge on any atom is -0.371 e. The van der Waals surface area contributed by atoms with Crippen molar-refractivity contribution in [2.24, 2.45) is 0 Å². The molecule has 0 saturated heterocycles. The highest BCUT2D eigenvalue weighted by Gasteiger charge is 2.12. The lowest BCUT2D eigenvalue weighted by molar-refractivity contribution is -0.122. The molecule has 0 heterocycles. The molecule has 0 spiro atoms. The van der Waals surface area contributed by atoms with Gasteiger partial charge in [0.25, 0.3) is 5.91 Å². The quantitative estimate of drug-likeness (QED) is 0.757. The first kappa shape index (κ1) is 16.5. The second-order valence-corrected chi connectivity index (χ2v) is 5.58. The van der Waals surface area contributed by atoms with Crippen LogP contribution in [-0.4, -0.2) is 26.2 Å². The van der Waals surface area contributed by atoms with E-state index in [4.69, 9.17) is 16.3 Å². The smallest absolute Gasteiger partial charge is 0.252 e. The van der Waals surface area contributed by atoms with Crippen molar-refractivity contribution in [1.29, 1.82) is 0 Å². The molecule has 0 unspecified atom stereocenters. The number of ether oxygens (including phenoxy) is 1. The van der Waals surface area contributed by atoms with Crippen molar-refractivity contribution in [3.63, 3.8) is 0 Å². The number of rotatable bonds is 6. The largest absolute Gasteiger partial charge is 0.371 e. The van der Waals surface area contributed by atoms with Gasteiger partial charge in [0.2, 0.25) is 0 Å². The summed E-state index contributed by atoms with van der Waals surface area (Å²) in [6.45, 7) is 2.52. The normalized spacial score (nSPS) is 10.5. The summed E-state index contributed by atoms with van der Waals surface area (Å²) in [5, 5.41) is 0.655. The molecule has 2 aromatic carbocycles. The van der Waals surface area contributed by atoms with E-state index in [-0.39, 0.29) is 12.5 Å². The van der Waals surface area contributed by atoms with Crippen LogP contribution in [0.4, 0.5) is 5.69 Å². The average molecular weight is 318 g/mol. The van der Waals surface area contributed by atoms with Crippen LogP contribution in [0.25, 0.3) is 0 Å². The third kappa shape index (κ3) is 4.58. The first-order valence-electron chi connectivity index (χ1n) is 7.22. The van der Waals surface area contributed by atoms with Crippen molar-refractivity contribution < 1.29 is 9.53 Å². The minimum absolute atomic E-state index is 0.0643. The number of carbonyl (C=O) groups is 1. The highest BCUT2D eigenvalue weighted by atomic mass is 35.5. The summed E-state index contributed by atoms with van der Waals surface area (Å²) in [6.07, 6.45) is 0.800. The van der Waals surface area contributed by atoms with Crippen LogP contribution in [0, 0.1) is 6.92 Å². The van der Waals surface area contributed by atoms with E-state index in [9.17, 15) is 4.79 Å². The fourth-order valence-electron chi connectivity index (χ4n) is 2.03. The Morgan fingerprint density at radius 2 is 1.91 bits per heavy atom. The van der Waals surface area contributed by atoms with E-state index in [2.05, 4.69) is 0 Å². The summed E-state index contributed by atoms with van der Waals surface area (Å²) in [5.74, 6) is -0.0898. The molecule has 22 heavy (non-hydrogen) atoms. The maximum absolute atomic E-state index is 12.1. The Morgan fingerprint density at radius 1 is 1.18 bits per heavy atom. The van der Waals surface area contributed by atoms with Crippen LogP contribution in [-0.2, 0) is 16.0 Å². The summed E-state index contributed by atoms with van der Waals surface area (Å²) < 4.78 is 5.47. The highest BCUT2D eigenvalue weighted by molar-refractivity contribution is 6.31. The number of carbonyl (C=O) groups excluding carboxylic acids is 1. The van der Waals surface area contributed by atoms with E-state index in [0.29, 0.717) is 11.6 Å². The predicted octanol–water partition coefficient (Wildman–Crippen LogP) is 3.87. The maximum atomic E-state index is 12.1. The van der Waals surface area contributed by atoms with E-state index in [1.165, 1.54) is 5.56 Å². The molecule has 4 heteroatoms. The van der Waals surface area contributed by atoms with Gasteiger partial charge in [-0.1, -0.05) is 48.0 Å². The number of likely N-dealkylation sites (N-methyl/N-ethyl adjacent to an activating group) is 1. The Bertz CT molecular complexity index is 628. The SMILES string of the molecule is Cc1ccc(N(C)C(=O)COCCc2ccccc2)cc1Cl. The third-order valence-electron chi connectivity index (χ3n) is 3.52. The van der Waals surface area contributed by atoms with Crippen LogP contribution >= 0.6 is 11.6 Å². The summed E-state index contributed by atoms with van der Waals surface area (Å²) in [6, 6.07) is 15.6. The van der Waals surface area contributed by atoms with Crippen LogP contribution in [0.5, 0.6) is 0 Å². The second-order valence-electron chi connectivity index (χ2n) is 5.17. The molecule has 0 aliphatic carbocycles. The molecule has 1 amide bonds. The molecule has 2 rings (SSSR count). The molecule has 0 aliphatic heterocycles. The number of benzene rings is 2. The Labute approximate surface area is 136 Å². The lowest BCUT2D eigenvalue weighted by Gasteiger charge is -2.18. The van der Waals surface area contributed by atoms with Gasteiger partial charge < -0.3 is 9.64 Å². The molecule has 2 aromatic rings. The van der Waals surface area contributed by atoms with Gasteiger partial charge in [0.1, 0.15) is 6.61 Å². The molecule has 0 bridgehead atoms. The lowest BCUT2D eigenvalue weighted by Crippen LogP contribution is -2.30. The Kier molecular flexibility index (Phi) is 5.99. The molecule has 0 N–H and O–H groups in total. The molecule has 0 atom stereocenters. The molecule has 0 radical (unpaired) electrons. The first-order valence-corrected chi connectivity index (χ1v) is 7.60. The van der Waals surface area contributed by atoms with Crippen LogP contribution in [0.3, 0.4) is 0 Å². The van der Waals surface area contributed by atoms with Gasteiger partial charge in [-0.15, -0.1) is 0 Å². The van der Waals surface area contributed by atoms with E-state index >= 15 is 0 Å².